The first-order valence-corrected chi connectivity index (χ1v) is 5.06. The molecule has 0 spiro atoms. The second-order valence-corrected chi connectivity index (χ2v) is 3.54. The summed E-state index contributed by atoms with van der Waals surface area (Å²) >= 11 is 0. The summed E-state index contributed by atoms with van der Waals surface area (Å²) < 4.78 is 5.21. The van der Waals surface area contributed by atoms with Gasteiger partial charge in [-0.2, -0.15) is 5.26 Å². The molecule has 0 aliphatic heterocycles. The van der Waals surface area contributed by atoms with E-state index < -0.39 is 6.04 Å². The third-order valence-electron chi connectivity index (χ3n) is 2.40. The fourth-order valence-corrected chi connectivity index (χ4v) is 1.51. The van der Waals surface area contributed by atoms with E-state index in [-0.39, 0.29) is 0 Å². The lowest BCUT2D eigenvalue weighted by Gasteiger charge is -2.12. The Labute approximate surface area is 94.3 Å². The first-order valence-electron chi connectivity index (χ1n) is 5.06. The van der Waals surface area contributed by atoms with Gasteiger partial charge in [-0.3, -0.25) is 0 Å². The van der Waals surface area contributed by atoms with E-state index >= 15 is 0 Å². The molecule has 0 radical (unpaired) electrons. The summed E-state index contributed by atoms with van der Waals surface area (Å²) in [5.74, 6) is 0.630. The topological polar surface area (TPSA) is 49.0 Å². The van der Waals surface area contributed by atoms with Crippen LogP contribution >= 0.6 is 0 Å². The van der Waals surface area contributed by atoms with Gasteiger partial charge in [0.2, 0.25) is 0 Å². The monoisotopic (exact) mass is 212 g/mol. The van der Waals surface area contributed by atoms with E-state index in [2.05, 4.69) is 11.4 Å². The molecule has 1 atom stereocenters. The number of hydrogen-bond acceptors (Lipinski definition) is 3. The molecule has 1 heterocycles. The molecule has 3 nitrogen and oxygen atoms in total. The zero-order valence-electron chi connectivity index (χ0n) is 8.97. The Bertz CT molecular complexity index is 497. The van der Waals surface area contributed by atoms with E-state index in [1.165, 1.54) is 0 Å². The van der Waals surface area contributed by atoms with Crippen molar-refractivity contribution >= 4 is 5.69 Å². The van der Waals surface area contributed by atoms with Gasteiger partial charge in [-0.1, -0.05) is 18.2 Å². The van der Waals surface area contributed by atoms with Gasteiger partial charge in [-0.15, -0.1) is 0 Å². The Morgan fingerprint density at radius 1 is 1.25 bits per heavy atom. The van der Waals surface area contributed by atoms with Crippen LogP contribution in [0.25, 0.3) is 0 Å². The normalized spacial score (nSPS) is 11.8. The lowest BCUT2D eigenvalue weighted by atomic mass is 10.1. The van der Waals surface area contributed by atoms with E-state index in [0.717, 1.165) is 11.3 Å². The largest absolute Gasteiger partial charge is 0.466 e. The third-order valence-corrected chi connectivity index (χ3v) is 2.40. The molecule has 0 saturated heterocycles. The van der Waals surface area contributed by atoms with Crippen LogP contribution in [0.3, 0.4) is 0 Å². The first kappa shape index (κ1) is 10.3. The quantitative estimate of drug-likeness (QED) is 0.849. The van der Waals surface area contributed by atoms with Crippen molar-refractivity contribution in [1.82, 2.24) is 0 Å². The lowest BCUT2D eigenvalue weighted by molar-refractivity contribution is 0.505. The summed E-state index contributed by atoms with van der Waals surface area (Å²) in [4.78, 5) is 0. The standard InChI is InChI=1S/C13H12N2O/c1-10-5-2-3-6-11(10)15-12(9-14)13-7-4-8-16-13/h2-8,12,15H,1H3. The van der Waals surface area contributed by atoms with Crippen molar-refractivity contribution in [3.05, 3.63) is 54.0 Å². The number of hydrogen-bond donors (Lipinski definition) is 1. The van der Waals surface area contributed by atoms with E-state index in [9.17, 15) is 0 Å². The Morgan fingerprint density at radius 3 is 2.69 bits per heavy atom. The van der Waals surface area contributed by atoms with Crippen LogP contribution in [0.1, 0.15) is 17.4 Å². The molecule has 16 heavy (non-hydrogen) atoms. The Morgan fingerprint density at radius 2 is 2.06 bits per heavy atom. The minimum Gasteiger partial charge on any atom is -0.466 e. The molecule has 0 saturated carbocycles. The molecule has 2 aromatic rings. The van der Waals surface area contributed by atoms with Crippen molar-refractivity contribution in [3.8, 4) is 6.07 Å². The molecule has 2 rings (SSSR count). The van der Waals surface area contributed by atoms with E-state index in [1.807, 2.05) is 31.2 Å². The fraction of sp³-hybridized carbons (Fsp3) is 0.154. The van der Waals surface area contributed by atoms with Crippen LogP contribution < -0.4 is 5.32 Å². The maximum absolute atomic E-state index is 9.08. The highest BCUT2D eigenvalue weighted by Crippen LogP contribution is 2.21. The molecular weight excluding hydrogens is 200 g/mol. The van der Waals surface area contributed by atoms with Crippen LogP contribution in [0.5, 0.6) is 0 Å². The number of benzene rings is 1. The highest BCUT2D eigenvalue weighted by atomic mass is 16.3. The molecule has 0 fully saturated rings. The smallest absolute Gasteiger partial charge is 0.173 e. The second kappa shape index (κ2) is 4.54. The Kier molecular flexibility index (Phi) is 2.93. The van der Waals surface area contributed by atoms with Crippen molar-refractivity contribution in [2.45, 2.75) is 13.0 Å². The van der Waals surface area contributed by atoms with Gasteiger partial charge in [0.25, 0.3) is 0 Å². The molecular formula is C13H12N2O. The van der Waals surface area contributed by atoms with Crippen LogP contribution in [0.4, 0.5) is 5.69 Å². The SMILES string of the molecule is Cc1ccccc1NC(C#N)c1ccco1. The number of nitriles is 1. The molecule has 0 aliphatic rings. The zero-order valence-corrected chi connectivity index (χ0v) is 8.97. The van der Waals surface area contributed by atoms with E-state index in [0.29, 0.717) is 5.76 Å². The second-order valence-electron chi connectivity index (χ2n) is 3.54. The van der Waals surface area contributed by atoms with Gasteiger partial charge in [0, 0.05) is 5.69 Å². The highest BCUT2D eigenvalue weighted by molar-refractivity contribution is 5.52. The predicted octanol–water partition coefficient (Wildman–Crippen LogP) is 3.26. The van der Waals surface area contributed by atoms with Gasteiger partial charge < -0.3 is 9.73 Å². The number of para-hydroxylation sites is 1. The average Bonchev–Trinajstić information content (AvgIpc) is 2.81. The van der Waals surface area contributed by atoms with E-state index in [4.69, 9.17) is 9.68 Å². The Hall–Kier alpha value is -2.21. The van der Waals surface area contributed by atoms with Crippen molar-refractivity contribution in [1.29, 1.82) is 5.26 Å². The molecule has 1 unspecified atom stereocenters. The molecule has 0 amide bonds. The van der Waals surface area contributed by atoms with Gasteiger partial charge in [0.15, 0.2) is 6.04 Å². The predicted molar refractivity (Wildman–Crippen MR) is 61.9 cm³/mol. The van der Waals surface area contributed by atoms with Crippen LogP contribution in [-0.2, 0) is 0 Å². The molecule has 0 aliphatic carbocycles. The van der Waals surface area contributed by atoms with Crippen LogP contribution in [0.15, 0.2) is 47.1 Å². The molecule has 1 aromatic carbocycles. The number of nitrogens with zero attached hydrogens (tertiary/aromatic N) is 1. The lowest BCUT2D eigenvalue weighted by Crippen LogP contribution is -2.08. The molecule has 0 bridgehead atoms. The summed E-state index contributed by atoms with van der Waals surface area (Å²) in [6.45, 7) is 2.00. The fourth-order valence-electron chi connectivity index (χ4n) is 1.51. The molecule has 1 N–H and O–H groups in total. The van der Waals surface area contributed by atoms with Crippen LogP contribution in [0.2, 0.25) is 0 Å². The van der Waals surface area contributed by atoms with Crippen molar-refractivity contribution in [2.24, 2.45) is 0 Å². The first-order chi connectivity index (χ1) is 7.81. The number of anilines is 1. The molecule has 1 aromatic heterocycles. The minimum absolute atomic E-state index is 0.448. The van der Waals surface area contributed by atoms with Crippen molar-refractivity contribution in [3.63, 3.8) is 0 Å². The maximum Gasteiger partial charge on any atom is 0.173 e. The van der Waals surface area contributed by atoms with Gasteiger partial charge in [-0.25, -0.2) is 0 Å². The number of rotatable bonds is 3. The van der Waals surface area contributed by atoms with Crippen molar-refractivity contribution < 1.29 is 4.42 Å². The highest BCUT2D eigenvalue weighted by Gasteiger charge is 2.13. The zero-order chi connectivity index (χ0) is 11.4. The molecule has 80 valence electrons. The van der Waals surface area contributed by atoms with Gasteiger partial charge in [-0.05, 0) is 30.7 Å². The molecule has 3 heteroatoms. The summed E-state index contributed by atoms with van der Waals surface area (Å²) in [5, 5.41) is 12.2. The van der Waals surface area contributed by atoms with Gasteiger partial charge in [0.1, 0.15) is 5.76 Å². The maximum atomic E-state index is 9.08. The minimum atomic E-state index is -0.448. The number of nitrogens with one attached hydrogen (secondary N) is 1. The third kappa shape index (κ3) is 2.06. The number of furan rings is 1. The number of aryl methyl sites for hydroxylation is 1. The Balaban J connectivity index is 2.21. The summed E-state index contributed by atoms with van der Waals surface area (Å²) in [7, 11) is 0. The van der Waals surface area contributed by atoms with E-state index in [1.54, 1.807) is 18.4 Å². The van der Waals surface area contributed by atoms with Gasteiger partial charge in [0.05, 0.1) is 12.3 Å². The van der Waals surface area contributed by atoms with Crippen LogP contribution in [0, 0.1) is 18.3 Å². The summed E-state index contributed by atoms with van der Waals surface area (Å²) in [5.41, 5.74) is 2.06. The summed E-state index contributed by atoms with van der Waals surface area (Å²) in [6.07, 6.45) is 1.57. The van der Waals surface area contributed by atoms with Crippen LogP contribution in [-0.4, -0.2) is 0 Å². The summed E-state index contributed by atoms with van der Waals surface area (Å²) in [6, 6.07) is 13.1. The average molecular weight is 212 g/mol. The van der Waals surface area contributed by atoms with Crippen molar-refractivity contribution in [2.75, 3.05) is 5.32 Å². The van der Waals surface area contributed by atoms with Gasteiger partial charge >= 0.3 is 0 Å².